The Balaban J connectivity index is 2.17. The molecule has 5 nitrogen and oxygen atoms in total. The van der Waals surface area contributed by atoms with Crippen molar-refractivity contribution in [1.82, 2.24) is 0 Å². The normalized spacial score (nSPS) is 21.8. The van der Waals surface area contributed by atoms with E-state index in [0.717, 1.165) is 24.4 Å². The molecule has 1 aliphatic rings. The van der Waals surface area contributed by atoms with Crippen molar-refractivity contribution >= 4 is 17.7 Å². The zero-order valence-corrected chi connectivity index (χ0v) is 12.6. The second-order valence-electron chi connectivity index (χ2n) is 5.81. The molecular weight excluding hydrogens is 268 g/mol. The average molecular weight is 290 g/mol. The van der Waals surface area contributed by atoms with Gasteiger partial charge < -0.3 is 4.90 Å². The van der Waals surface area contributed by atoms with Crippen LogP contribution in [0.25, 0.3) is 0 Å². The van der Waals surface area contributed by atoms with Crippen LogP contribution < -0.4 is 4.90 Å². The number of rotatable bonds is 5. The van der Waals surface area contributed by atoms with Gasteiger partial charge in [-0.15, -0.1) is 0 Å². The van der Waals surface area contributed by atoms with Gasteiger partial charge in [-0.1, -0.05) is 13.3 Å². The molecule has 1 aromatic rings. The summed E-state index contributed by atoms with van der Waals surface area (Å²) in [4.78, 5) is 23.7. The van der Waals surface area contributed by atoms with E-state index < -0.39 is 4.92 Å². The number of benzene rings is 1. The minimum Gasteiger partial charge on any atom is -0.371 e. The maximum Gasteiger partial charge on any atom is 0.270 e. The summed E-state index contributed by atoms with van der Waals surface area (Å²) < 4.78 is 0. The molecule has 1 fully saturated rings. The summed E-state index contributed by atoms with van der Waals surface area (Å²) in [5, 5.41) is 10.8. The Bertz CT molecular complexity index is 522. The van der Waals surface area contributed by atoms with E-state index in [4.69, 9.17) is 0 Å². The third-order valence-electron chi connectivity index (χ3n) is 4.67. The number of aldehydes is 1. The number of hydrogen-bond acceptors (Lipinski definition) is 4. The van der Waals surface area contributed by atoms with Gasteiger partial charge in [0.2, 0.25) is 0 Å². The highest BCUT2D eigenvalue weighted by Gasteiger charge is 2.25. The molecule has 0 radical (unpaired) electrons. The van der Waals surface area contributed by atoms with Crippen LogP contribution in [-0.4, -0.2) is 24.3 Å². The summed E-state index contributed by atoms with van der Waals surface area (Å²) >= 11 is 0. The predicted octanol–water partition coefficient (Wildman–Crippen LogP) is 3.81. The van der Waals surface area contributed by atoms with Crippen molar-refractivity contribution in [3.8, 4) is 0 Å². The lowest BCUT2D eigenvalue weighted by atomic mass is 9.84. The molecule has 1 aliphatic carbocycles. The van der Waals surface area contributed by atoms with Crippen LogP contribution in [0.4, 0.5) is 11.4 Å². The molecule has 1 saturated carbocycles. The molecule has 5 heteroatoms. The van der Waals surface area contributed by atoms with E-state index in [2.05, 4.69) is 11.8 Å². The van der Waals surface area contributed by atoms with Crippen LogP contribution in [0.3, 0.4) is 0 Å². The molecular formula is C16H22N2O3. The van der Waals surface area contributed by atoms with Crippen LogP contribution in [-0.2, 0) is 0 Å². The molecule has 0 N–H and O–H groups in total. The Labute approximate surface area is 125 Å². The maximum atomic E-state index is 11.2. The van der Waals surface area contributed by atoms with Crippen molar-refractivity contribution in [2.24, 2.45) is 5.92 Å². The summed E-state index contributed by atoms with van der Waals surface area (Å²) in [5.74, 6) is 0.817. The molecule has 0 aromatic heterocycles. The minimum atomic E-state index is -0.469. The zero-order chi connectivity index (χ0) is 15.4. The number of nitro groups is 1. The van der Waals surface area contributed by atoms with E-state index >= 15 is 0 Å². The van der Waals surface area contributed by atoms with Gasteiger partial charge in [0, 0.05) is 36.5 Å². The van der Waals surface area contributed by atoms with Crippen molar-refractivity contribution in [3.05, 3.63) is 33.9 Å². The summed E-state index contributed by atoms with van der Waals surface area (Å²) in [7, 11) is 1.98. The molecule has 0 heterocycles. The Morgan fingerprint density at radius 1 is 1.33 bits per heavy atom. The highest BCUT2D eigenvalue weighted by Crippen LogP contribution is 2.33. The van der Waals surface area contributed by atoms with Gasteiger partial charge in [0.25, 0.3) is 5.69 Å². The van der Waals surface area contributed by atoms with Gasteiger partial charge in [0.1, 0.15) is 0 Å². The quantitative estimate of drug-likeness (QED) is 0.470. The number of nitro benzene ring substituents is 1. The van der Waals surface area contributed by atoms with Crippen LogP contribution >= 0.6 is 0 Å². The Morgan fingerprint density at radius 2 is 2.00 bits per heavy atom. The number of non-ortho nitro benzene ring substituents is 1. The molecule has 0 unspecified atom stereocenters. The molecule has 0 bridgehead atoms. The van der Waals surface area contributed by atoms with E-state index in [1.165, 1.54) is 31.4 Å². The molecule has 0 aliphatic heterocycles. The van der Waals surface area contributed by atoms with E-state index in [-0.39, 0.29) is 5.69 Å². The molecule has 1 aromatic carbocycles. The average Bonchev–Trinajstić information content (AvgIpc) is 2.53. The Hall–Kier alpha value is -1.91. The Kier molecular flexibility index (Phi) is 4.94. The van der Waals surface area contributed by atoms with Gasteiger partial charge in [-0.2, -0.15) is 0 Å². The maximum absolute atomic E-state index is 11.2. The van der Waals surface area contributed by atoms with Gasteiger partial charge >= 0.3 is 0 Å². The van der Waals surface area contributed by atoms with Crippen LogP contribution in [0.1, 0.15) is 49.4 Å². The fourth-order valence-electron chi connectivity index (χ4n) is 3.21. The lowest BCUT2D eigenvalue weighted by Gasteiger charge is -2.36. The molecule has 0 saturated heterocycles. The monoisotopic (exact) mass is 290 g/mol. The number of nitrogens with zero attached hydrogens (tertiary/aromatic N) is 2. The summed E-state index contributed by atoms with van der Waals surface area (Å²) in [6.45, 7) is 2.23. The highest BCUT2D eigenvalue weighted by molar-refractivity contribution is 5.86. The van der Waals surface area contributed by atoms with Gasteiger partial charge in [0.05, 0.1) is 4.92 Å². The third-order valence-corrected chi connectivity index (χ3v) is 4.67. The van der Waals surface area contributed by atoms with E-state index in [9.17, 15) is 14.9 Å². The third kappa shape index (κ3) is 3.40. The number of carbonyl (C=O) groups is 1. The summed E-state index contributed by atoms with van der Waals surface area (Å²) in [6, 6.07) is 4.92. The fourth-order valence-corrected chi connectivity index (χ4v) is 3.21. The van der Waals surface area contributed by atoms with Crippen LogP contribution in [0.5, 0.6) is 0 Å². The lowest BCUT2D eigenvalue weighted by molar-refractivity contribution is -0.384. The summed E-state index contributed by atoms with van der Waals surface area (Å²) in [5.41, 5.74) is 1.14. The van der Waals surface area contributed by atoms with Crippen LogP contribution in [0.15, 0.2) is 18.2 Å². The topological polar surface area (TPSA) is 63.4 Å². The van der Waals surface area contributed by atoms with Crippen molar-refractivity contribution < 1.29 is 9.72 Å². The largest absolute Gasteiger partial charge is 0.371 e. The van der Waals surface area contributed by atoms with Crippen LogP contribution in [0.2, 0.25) is 0 Å². The molecule has 114 valence electrons. The first-order valence-electron chi connectivity index (χ1n) is 7.53. The van der Waals surface area contributed by atoms with Crippen molar-refractivity contribution in [1.29, 1.82) is 0 Å². The van der Waals surface area contributed by atoms with E-state index in [1.807, 2.05) is 7.05 Å². The predicted molar refractivity (Wildman–Crippen MR) is 82.9 cm³/mol. The van der Waals surface area contributed by atoms with Crippen molar-refractivity contribution in [2.45, 2.75) is 45.1 Å². The molecule has 0 amide bonds. The first-order valence-corrected chi connectivity index (χ1v) is 7.53. The zero-order valence-electron chi connectivity index (χ0n) is 12.6. The van der Waals surface area contributed by atoms with Gasteiger partial charge in [0.15, 0.2) is 6.29 Å². The van der Waals surface area contributed by atoms with Gasteiger partial charge in [-0.25, -0.2) is 0 Å². The minimum absolute atomic E-state index is 0.0380. The SMILES string of the molecule is CCC1CCC(N(C)c2ccc([N+](=O)[O-])cc2C=O)CC1. The van der Waals surface area contributed by atoms with E-state index in [1.54, 1.807) is 6.07 Å². The highest BCUT2D eigenvalue weighted by atomic mass is 16.6. The molecule has 0 atom stereocenters. The lowest BCUT2D eigenvalue weighted by Crippen LogP contribution is -2.35. The molecule has 0 spiro atoms. The second-order valence-corrected chi connectivity index (χ2v) is 5.81. The number of carbonyl (C=O) groups excluding carboxylic acids is 1. The van der Waals surface area contributed by atoms with Crippen molar-refractivity contribution in [2.75, 3.05) is 11.9 Å². The first-order chi connectivity index (χ1) is 10.1. The second kappa shape index (κ2) is 6.70. The number of hydrogen-bond donors (Lipinski definition) is 0. The Morgan fingerprint density at radius 3 is 2.52 bits per heavy atom. The van der Waals surface area contributed by atoms with Crippen molar-refractivity contribution in [3.63, 3.8) is 0 Å². The molecule has 21 heavy (non-hydrogen) atoms. The van der Waals surface area contributed by atoms with Gasteiger partial charge in [-0.05, 0) is 37.7 Å². The van der Waals surface area contributed by atoms with E-state index in [0.29, 0.717) is 17.9 Å². The summed E-state index contributed by atoms with van der Waals surface area (Å²) in [6.07, 6.45) is 6.60. The smallest absolute Gasteiger partial charge is 0.270 e. The number of anilines is 1. The standard InChI is InChI=1S/C16H22N2O3/c1-3-12-4-6-14(7-5-12)17(2)16-9-8-15(18(20)21)10-13(16)11-19/h8-12,14H,3-7H2,1-2H3. The van der Waals surface area contributed by atoms with Gasteiger partial charge in [-0.3, -0.25) is 14.9 Å². The van der Waals surface area contributed by atoms with Crippen LogP contribution in [0, 0.1) is 16.0 Å². The molecule has 2 rings (SSSR count). The fraction of sp³-hybridized carbons (Fsp3) is 0.562. The first kappa shape index (κ1) is 15.5.